The van der Waals surface area contributed by atoms with E-state index in [2.05, 4.69) is 0 Å². The molecule has 15 heavy (non-hydrogen) atoms. The molecule has 0 aliphatic carbocycles. The summed E-state index contributed by atoms with van der Waals surface area (Å²) in [5.41, 5.74) is -0.349. The number of carbonyl (C=O) groups is 1. The molecule has 0 amide bonds. The molecule has 6 heteroatoms. The molecule has 0 fully saturated rings. The Labute approximate surface area is 116 Å². The third-order valence-corrected chi connectivity index (χ3v) is 1.52. The van der Waals surface area contributed by atoms with Crippen LogP contribution in [0.1, 0.15) is 5.56 Å². The van der Waals surface area contributed by atoms with E-state index in [1.807, 2.05) is 0 Å². The maximum Gasteiger partial charge on any atom is 0.407 e. The van der Waals surface area contributed by atoms with Gasteiger partial charge in [0.05, 0.1) is 4.92 Å². The number of hydrogen-bond acceptors (Lipinski definition) is 3. The Morgan fingerprint density at radius 3 is 2.27 bits per heavy atom. The zero-order valence-electron chi connectivity index (χ0n) is 7.79. The Balaban J connectivity index is 0.00000196. The number of benzene rings is 1. The van der Waals surface area contributed by atoms with Crippen LogP contribution >= 0.6 is 0 Å². The van der Waals surface area contributed by atoms with Gasteiger partial charge >= 0.3 is 11.7 Å². The number of aliphatic carboxylic acids is 1. The van der Waals surface area contributed by atoms with Crippen LogP contribution in [0.25, 0.3) is 6.08 Å². The average molecular weight is 233 g/mol. The number of nitro groups is 1. The van der Waals surface area contributed by atoms with Crippen LogP contribution in [-0.2, 0) is 4.79 Å². The predicted octanol–water partition coefficient (Wildman–Crippen LogP) is 1.01. The molecule has 0 bridgehead atoms. The normalized spacial score (nSPS) is 10.3. The minimum Gasteiger partial charge on any atom is -0.473 e. The first-order valence-corrected chi connectivity index (χ1v) is 3.75. The van der Waals surface area contributed by atoms with Crippen LogP contribution in [-0.4, -0.2) is 53.7 Å². The third-order valence-electron chi connectivity index (χ3n) is 1.52. The SMILES string of the molecule is O=C(O)C(=Cc1ccccc1)[N+](=O)[O-].[Ca]. The molecule has 0 aliphatic rings. The van der Waals surface area contributed by atoms with Crippen molar-refractivity contribution >= 4 is 49.8 Å². The predicted molar refractivity (Wildman–Crippen MR) is 54.8 cm³/mol. The van der Waals surface area contributed by atoms with E-state index in [0.717, 1.165) is 6.08 Å². The summed E-state index contributed by atoms with van der Waals surface area (Å²) in [5.74, 6) is -1.54. The first kappa shape index (κ1) is 14.1. The van der Waals surface area contributed by atoms with E-state index in [0.29, 0.717) is 5.56 Å². The fraction of sp³-hybridized carbons (Fsp3) is 0. The second kappa shape index (κ2) is 6.55. The van der Waals surface area contributed by atoms with Crippen LogP contribution in [0.3, 0.4) is 0 Å². The van der Waals surface area contributed by atoms with Gasteiger partial charge in [0, 0.05) is 43.8 Å². The van der Waals surface area contributed by atoms with Crippen molar-refractivity contribution in [3.8, 4) is 0 Å². The van der Waals surface area contributed by atoms with E-state index in [1.165, 1.54) is 0 Å². The molecule has 5 nitrogen and oxygen atoms in total. The van der Waals surface area contributed by atoms with Crippen molar-refractivity contribution in [1.82, 2.24) is 0 Å². The van der Waals surface area contributed by atoms with Crippen LogP contribution in [0.2, 0.25) is 0 Å². The van der Waals surface area contributed by atoms with Gasteiger partial charge in [-0.3, -0.25) is 10.1 Å². The average Bonchev–Trinajstić information content (AvgIpc) is 2.15. The molecule has 0 spiro atoms. The molecule has 0 atom stereocenters. The largest absolute Gasteiger partial charge is 0.473 e. The summed E-state index contributed by atoms with van der Waals surface area (Å²) in [4.78, 5) is 19.8. The summed E-state index contributed by atoms with van der Waals surface area (Å²) in [6.45, 7) is 0. The van der Waals surface area contributed by atoms with Crippen LogP contribution in [0.4, 0.5) is 0 Å². The van der Waals surface area contributed by atoms with Gasteiger partial charge in [0.2, 0.25) is 0 Å². The number of carboxylic acid groups (broad SMARTS) is 1. The number of rotatable bonds is 3. The zero-order valence-corrected chi connectivity index (χ0v) is 10.00. The van der Waals surface area contributed by atoms with E-state index in [1.54, 1.807) is 30.3 Å². The Morgan fingerprint density at radius 1 is 1.33 bits per heavy atom. The molecular weight excluding hydrogens is 226 g/mol. The summed E-state index contributed by atoms with van der Waals surface area (Å²) in [5, 5.41) is 18.8. The Bertz CT molecular complexity index is 372. The van der Waals surface area contributed by atoms with Gasteiger partial charge in [-0.25, -0.2) is 4.79 Å². The topological polar surface area (TPSA) is 80.4 Å². The van der Waals surface area contributed by atoms with Gasteiger partial charge in [0.1, 0.15) is 0 Å². The van der Waals surface area contributed by atoms with Crippen LogP contribution < -0.4 is 0 Å². The molecule has 1 N–H and O–H groups in total. The Morgan fingerprint density at radius 2 is 1.87 bits per heavy atom. The molecule has 0 aromatic heterocycles. The summed E-state index contributed by atoms with van der Waals surface area (Å²) in [6.07, 6.45) is 1.02. The quantitative estimate of drug-likeness (QED) is 0.365. The van der Waals surface area contributed by atoms with Crippen molar-refractivity contribution in [3.63, 3.8) is 0 Å². The summed E-state index contributed by atoms with van der Waals surface area (Å²) in [6, 6.07) is 8.26. The van der Waals surface area contributed by atoms with E-state index in [9.17, 15) is 14.9 Å². The molecule has 0 unspecified atom stereocenters. The van der Waals surface area contributed by atoms with E-state index in [4.69, 9.17) is 5.11 Å². The van der Waals surface area contributed by atoms with Crippen LogP contribution in [0.15, 0.2) is 36.0 Å². The number of carboxylic acids is 1. The molecule has 1 aromatic rings. The molecule has 1 aromatic carbocycles. The fourth-order valence-corrected chi connectivity index (χ4v) is 0.900. The van der Waals surface area contributed by atoms with Gasteiger partial charge in [0.15, 0.2) is 0 Å². The first-order valence-electron chi connectivity index (χ1n) is 3.75. The molecule has 1 rings (SSSR count). The minimum absolute atomic E-state index is 0. The minimum atomic E-state index is -1.54. The van der Waals surface area contributed by atoms with Gasteiger partial charge in [0.25, 0.3) is 0 Å². The summed E-state index contributed by atoms with van der Waals surface area (Å²) < 4.78 is 0. The van der Waals surface area contributed by atoms with Gasteiger partial charge in [-0.15, -0.1) is 0 Å². The molecule has 0 saturated heterocycles. The van der Waals surface area contributed by atoms with Crippen molar-refractivity contribution in [1.29, 1.82) is 0 Å². The van der Waals surface area contributed by atoms with Crippen molar-refractivity contribution in [3.05, 3.63) is 51.7 Å². The smallest absolute Gasteiger partial charge is 0.407 e. The van der Waals surface area contributed by atoms with Crippen molar-refractivity contribution in [2.45, 2.75) is 0 Å². The third kappa shape index (κ3) is 4.42. The molecule has 74 valence electrons. The van der Waals surface area contributed by atoms with Crippen LogP contribution in [0.5, 0.6) is 0 Å². The summed E-state index contributed by atoms with van der Waals surface area (Å²) >= 11 is 0. The second-order valence-electron chi connectivity index (χ2n) is 2.50. The molecular formula is C9H7CaNO4. The summed E-state index contributed by atoms with van der Waals surface area (Å²) in [7, 11) is 0. The standard InChI is InChI=1S/C9H7NO4.Ca/c11-9(12)8(10(13)14)6-7-4-2-1-3-5-7;/h1-6H,(H,11,12);. The Kier molecular flexibility index (Phi) is 6.15. The van der Waals surface area contributed by atoms with Gasteiger partial charge in [-0.1, -0.05) is 30.3 Å². The van der Waals surface area contributed by atoms with Crippen molar-refractivity contribution in [2.24, 2.45) is 0 Å². The Hall–Kier alpha value is -0.910. The van der Waals surface area contributed by atoms with Gasteiger partial charge in [-0.2, -0.15) is 0 Å². The fourth-order valence-electron chi connectivity index (χ4n) is 0.900. The molecule has 0 aliphatic heterocycles. The van der Waals surface area contributed by atoms with E-state index < -0.39 is 16.6 Å². The number of nitrogens with zero attached hydrogens (tertiary/aromatic N) is 1. The van der Waals surface area contributed by atoms with Crippen LogP contribution in [0, 0.1) is 10.1 Å². The molecule has 2 radical (unpaired) electrons. The maximum atomic E-state index is 10.4. The van der Waals surface area contributed by atoms with E-state index in [-0.39, 0.29) is 37.7 Å². The van der Waals surface area contributed by atoms with Gasteiger partial charge < -0.3 is 5.11 Å². The maximum absolute atomic E-state index is 10.4. The monoisotopic (exact) mass is 233 g/mol. The van der Waals surface area contributed by atoms with Crippen molar-refractivity contribution in [2.75, 3.05) is 0 Å². The first-order chi connectivity index (χ1) is 6.61. The van der Waals surface area contributed by atoms with Gasteiger partial charge in [-0.05, 0) is 5.56 Å². The van der Waals surface area contributed by atoms with E-state index >= 15 is 0 Å². The molecule has 0 heterocycles. The van der Waals surface area contributed by atoms with Crippen molar-refractivity contribution < 1.29 is 14.8 Å². The zero-order chi connectivity index (χ0) is 10.6. The number of hydrogen-bond donors (Lipinski definition) is 1. The molecule has 0 saturated carbocycles. The second-order valence-corrected chi connectivity index (χ2v) is 2.50.